The molecule has 1 unspecified atom stereocenters. The summed E-state index contributed by atoms with van der Waals surface area (Å²) in [7, 11) is 0.644. The summed E-state index contributed by atoms with van der Waals surface area (Å²) >= 11 is 3.22. The Bertz CT molecular complexity index is 540. The third-order valence-electron chi connectivity index (χ3n) is 3.24. The van der Waals surface area contributed by atoms with Gasteiger partial charge in [-0.2, -0.15) is 16.1 Å². The number of nitrogens with zero attached hydrogens (tertiary/aromatic N) is 2. The van der Waals surface area contributed by atoms with Crippen LogP contribution in [0.15, 0.2) is 16.3 Å². The Hall–Kier alpha value is -0.0800. The van der Waals surface area contributed by atoms with Crippen molar-refractivity contribution in [3.05, 3.63) is 17.0 Å². The number of thioether (sulfide) groups is 1. The van der Waals surface area contributed by atoms with Crippen molar-refractivity contribution in [2.45, 2.75) is 23.6 Å². The SMILES string of the molecule is Cc1ccc(S(=O)(=O)N2CCCSCC2CN(C)C)s1. The lowest BCUT2D eigenvalue weighted by Crippen LogP contribution is -2.46. The van der Waals surface area contributed by atoms with Crippen LogP contribution in [0, 0.1) is 6.92 Å². The summed E-state index contributed by atoms with van der Waals surface area (Å²) in [5.74, 6) is 1.92. The predicted octanol–water partition coefficient (Wildman–Crippen LogP) is 2.11. The van der Waals surface area contributed by atoms with Gasteiger partial charge in [0.2, 0.25) is 0 Å². The Morgan fingerprint density at radius 2 is 2.15 bits per heavy atom. The highest BCUT2D eigenvalue weighted by molar-refractivity contribution is 7.99. The van der Waals surface area contributed by atoms with Crippen LogP contribution in [0.5, 0.6) is 0 Å². The van der Waals surface area contributed by atoms with Gasteiger partial charge in [0.15, 0.2) is 0 Å². The van der Waals surface area contributed by atoms with Gasteiger partial charge in [-0.3, -0.25) is 0 Å². The van der Waals surface area contributed by atoms with Crippen molar-refractivity contribution in [2.75, 3.05) is 38.7 Å². The Kier molecular flexibility index (Phi) is 5.53. The highest BCUT2D eigenvalue weighted by Gasteiger charge is 2.33. The zero-order valence-electron chi connectivity index (χ0n) is 12.2. The van der Waals surface area contributed by atoms with E-state index >= 15 is 0 Å². The van der Waals surface area contributed by atoms with Crippen molar-refractivity contribution in [1.82, 2.24) is 9.21 Å². The maximum absolute atomic E-state index is 12.9. The molecule has 0 aromatic carbocycles. The molecule has 0 radical (unpaired) electrons. The van der Waals surface area contributed by atoms with Gasteiger partial charge in [0.05, 0.1) is 0 Å². The summed E-state index contributed by atoms with van der Waals surface area (Å²) in [5.41, 5.74) is 0. The first-order valence-corrected chi connectivity index (χ1v) is 10.1. The van der Waals surface area contributed by atoms with E-state index < -0.39 is 10.0 Å². The normalized spacial score (nSPS) is 22.1. The van der Waals surface area contributed by atoms with Gasteiger partial charge in [-0.05, 0) is 45.3 Å². The van der Waals surface area contributed by atoms with Crippen molar-refractivity contribution in [1.29, 1.82) is 0 Å². The number of aryl methyl sites for hydroxylation is 1. The Morgan fingerprint density at radius 3 is 2.75 bits per heavy atom. The number of likely N-dealkylation sites (N-methyl/N-ethyl adjacent to an activating group) is 1. The first-order valence-electron chi connectivity index (χ1n) is 6.72. The quantitative estimate of drug-likeness (QED) is 0.846. The standard InChI is InChI=1S/C13H22N2O2S3/c1-11-5-6-13(19-11)20(16,17)15-7-4-8-18-10-12(15)9-14(2)3/h5-6,12H,4,7-10H2,1-3H3. The molecule has 0 saturated carbocycles. The minimum absolute atomic E-state index is 0.0601. The first-order chi connectivity index (χ1) is 9.41. The van der Waals surface area contributed by atoms with Crippen molar-refractivity contribution in [3.8, 4) is 0 Å². The summed E-state index contributed by atoms with van der Waals surface area (Å²) in [6.07, 6.45) is 0.929. The molecule has 0 amide bonds. The highest BCUT2D eigenvalue weighted by Crippen LogP contribution is 2.28. The van der Waals surface area contributed by atoms with Crippen molar-refractivity contribution >= 4 is 33.1 Å². The minimum atomic E-state index is -3.35. The van der Waals surface area contributed by atoms with Gasteiger partial charge in [0.25, 0.3) is 10.0 Å². The molecule has 1 aromatic heterocycles. The number of thiophene rings is 1. The van der Waals surface area contributed by atoms with Gasteiger partial charge in [-0.1, -0.05) is 0 Å². The van der Waals surface area contributed by atoms with E-state index in [0.717, 1.165) is 29.3 Å². The third kappa shape index (κ3) is 3.76. The van der Waals surface area contributed by atoms with Gasteiger partial charge >= 0.3 is 0 Å². The number of sulfonamides is 1. The van der Waals surface area contributed by atoms with E-state index in [-0.39, 0.29) is 6.04 Å². The lowest BCUT2D eigenvalue weighted by molar-refractivity contribution is 0.271. The third-order valence-corrected chi connectivity index (χ3v) is 7.86. The van der Waals surface area contributed by atoms with Crippen LogP contribution in [0.2, 0.25) is 0 Å². The molecule has 20 heavy (non-hydrogen) atoms. The molecule has 1 fully saturated rings. The molecule has 2 rings (SSSR count). The smallest absolute Gasteiger partial charge is 0.252 e. The van der Waals surface area contributed by atoms with Crippen LogP contribution < -0.4 is 0 Å². The zero-order chi connectivity index (χ0) is 14.8. The fraction of sp³-hybridized carbons (Fsp3) is 0.692. The molecule has 0 N–H and O–H groups in total. The van der Waals surface area contributed by atoms with Crippen LogP contribution in [-0.4, -0.2) is 62.4 Å². The summed E-state index contributed by atoms with van der Waals surface area (Å²) in [5, 5.41) is 0. The minimum Gasteiger partial charge on any atom is -0.308 e. The molecule has 1 aliphatic rings. The van der Waals surface area contributed by atoms with E-state index in [9.17, 15) is 8.42 Å². The number of hydrogen-bond acceptors (Lipinski definition) is 5. The first kappa shape index (κ1) is 16.3. The second-order valence-corrected chi connectivity index (χ2v) is 9.88. The number of rotatable bonds is 4. The van der Waals surface area contributed by atoms with Crippen molar-refractivity contribution in [2.24, 2.45) is 0 Å². The van der Waals surface area contributed by atoms with Gasteiger partial charge in [0.1, 0.15) is 4.21 Å². The fourth-order valence-electron chi connectivity index (χ4n) is 2.36. The van der Waals surface area contributed by atoms with Gasteiger partial charge in [-0.25, -0.2) is 8.42 Å². The monoisotopic (exact) mass is 334 g/mol. The van der Waals surface area contributed by atoms with E-state index in [1.54, 1.807) is 10.4 Å². The van der Waals surface area contributed by atoms with Gasteiger partial charge < -0.3 is 4.90 Å². The van der Waals surface area contributed by atoms with E-state index in [1.165, 1.54) is 11.3 Å². The Balaban J connectivity index is 2.29. The average molecular weight is 335 g/mol. The molecule has 1 aliphatic heterocycles. The van der Waals surface area contributed by atoms with Crippen LogP contribution in [0.4, 0.5) is 0 Å². The molecule has 7 heteroatoms. The Labute approximate surface area is 130 Å². The van der Waals surface area contributed by atoms with Crippen LogP contribution in [-0.2, 0) is 10.0 Å². The summed E-state index contributed by atoms with van der Waals surface area (Å²) in [6.45, 7) is 3.35. The molecular weight excluding hydrogens is 312 g/mol. The van der Waals surface area contributed by atoms with Crippen LogP contribution in [0.25, 0.3) is 0 Å². The fourth-order valence-corrected chi connectivity index (χ4v) is 6.57. The molecule has 114 valence electrons. The van der Waals surface area contributed by atoms with Gasteiger partial charge in [-0.15, -0.1) is 11.3 Å². The lowest BCUT2D eigenvalue weighted by Gasteiger charge is -2.30. The average Bonchev–Trinajstić information content (AvgIpc) is 2.66. The summed E-state index contributed by atoms with van der Waals surface area (Å²) < 4.78 is 27.9. The maximum atomic E-state index is 12.9. The highest BCUT2D eigenvalue weighted by atomic mass is 32.2. The summed E-state index contributed by atoms with van der Waals surface area (Å²) in [6, 6.07) is 3.68. The largest absolute Gasteiger partial charge is 0.308 e. The summed E-state index contributed by atoms with van der Waals surface area (Å²) in [4.78, 5) is 3.11. The molecule has 1 aromatic rings. The van der Waals surface area contributed by atoms with Crippen molar-refractivity contribution in [3.63, 3.8) is 0 Å². The van der Waals surface area contributed by atoms with E-state index in [1.807, 2.05) is 38.8 Å². The molecule has 1 saturated heterocycles. The molecule has 0 spiro atoms. The topological polar surface area (TPSA) is 40.6 Å². The zero-order valence-corrected chi connectivity index (χ0v) is 14.7. The van der Waals surface area contributed by atoms with E-state index in [2.05, 4.69) is 4.90 Å². The maximum Gasteiger partial charge on any atom is 0.252 e. The van der Waals surface area contributed by atoms with E-state index in [0.29, 0.717) is 10.8 Å². The lowest BCUT2D eigenvalue weighted by atomic mass is 10.3. The second kappa shape index (κ2) is 6.79. The molecular formula is C13H22N2O2S3. The Morgan fingerprint density at radius 1 is 1.40 bits per heavy atom. The second-order valence-electron chi connectivity index (χ2n) is 5.33. The van der Waals surface area contributed by atoms with Gasteiger partial charge in [0, 0.05) is 29.8 Å². The van der Waals surface area contributed by atoms with Crippen molar-refractivity contribution < 1.29 is 8.42 Å². The van der Waals surface area contributed by atoms with Crippen LogP contribution in [0.3, 0.4) is 0 Å². The van der Waals surface area contributed by atoms with Crippen LogP contribution >= 0.6 is 23.1 Å². The predicted molar refractivity (Wildman–Crippen MR) is 87.2 cm³/mol. The van der Waals surface area contributed by atoms with E-state index in [4.69, 9.17) is 0 Å². The molecule has 0 bridgehead atoms. The molecule has 2 heterocycles. The van der Waals surface area contributed by atoms with Crippen LogP contribution in [0.1, 0.15) is 11.3 Å². The number of hydrogen-bond donors (Lipinski definition) is 0. The molecule has 0 aliphatic carbocycles. The molecule has 4 nitrogen and oxygen atoms in total. The molecule has 1 atom stereocenters.